The van der Waals surface area contributed by atoms with Crippen LogP contribution in [0.2, 0.25) is 0 Å². The Labute approximate surface area is 153 Å². The summed E-state index contributed by atoms with van der Waals surface area (Å²) in [6.07, 6.45) is 4.00. The summed E-state index contributed by atoms with van der Waals surface area (Å²) < 4.78 is 7.69. The fourth-order valence-corrected chi connectivity index (χ4v) is 2.71. The van der Waals surface area contributed by atoms with Gasteiger partial charge >= 0.3 is 0 Å². The molecule has 0 spiro atoms. The summed E-state index contributed by atoms with van der Waals surface area (Å²) in [6, 6.07) is 11.9. The second kappa shape index (κ2) is 8.47. The van der Waals surface area contributed by atoms with Crippen LogP contribution in [0.25, 0.3) is 5.65 Å². The number of pyridine rings is 1. The number of carbonyl (C=O) groups is 1. The van der Waals surface area contributed by atoms with Crippen molar-refractivity contribution in [3.8, 4) is 5.75 Å². The van der Waals surface area contributed by atoms with Crippen LogP contribution in [0.4, 0.5) is 0 Å². The van der Waals surface area contributed by atoms with E-state index < -0.39 is 0 Å². The summed E-state index contributed by atoms with van der Waals surface area (Å²) in [5.74, 6) is 1.67. The topological polar surface area (TPSA) is 68.5 Å². The van der Waals surface area contributed by atoms with Gasteiger partial charge in [-0.3, -0.25) is 9.20 Å². The molecule has 0 fully saturated rings. The minimum Gasteiger partial charge on any atom is -0.493 e. The highest BCUT2D eigenvalue weighted by atomic mass is 16.5. The molecule has 6 heteroatoms. The zero-order valence-electron chi connectivity index (χ0n) is 15.2. The van der Waals surface area contributed by atoms with Gasteiger partial charge in [0.15, 0.2) is 11.5 Å². The largest absolute Gasteiger partial charge is 0.493 e. The first-order valence-electron chi connectivity index (χ1n) is 8.89. The molecular weight excluding hydrogens is 328 g/mol. The van der Waals surface area contributed by atoms with Crippen LogP contribution in [0.5, 0.6) is 5.75 Å². The maximum atomic E-state index is 12.0. The number of hydrogen-bond donors (Lipinski definition) is 1. The number of fused-ring (bicyclic) bond motifs is 1. The number of nitrogens with zero attached hydrogens (tertiary/aromatic N) is 3. The van der Waals surface area contributed by atoms with Gasteiger partial charge in [0, 0.05) is 12.6 Å². The van der Waals surface area contributed by atoms with Crippen LogP contribution in [0.3, 0.4) is 0 Å². The molecule has 0 radical (unpaired) electrons. The van der Waals surface area contributed by atoms with E-state index in [0.29, 0.717) is 19.6 Å². The molecule has 1 aromatic carbocycles. The smallest absolute Gasteiger partial charge is 0.220 e. The normalized spacial score (nSPS) is 10.8. The van der Waals surface area contributed by atoms with Crippen molar-refractivity contribution in [2.75, 3.05) is 6.61 Å². The quantitative estimate of drug-likeness (QED) is 0.632. The molecule has 2 aromatic heterocycles. The van der Waals surface area contributed by atoms with Crippen molar-refractivity contribution in [3.05, 3.63) is 59.5 Å². The highest BCUT2D eigenvalue weighted by molar-refractivity contribution is 5.75. The molecule has 26 heavy (non-hydrogen) atoms. The van der Waals surface area contributed by atoms with E-state index in [1.54, 1.807) is 0 Å². The molecule has 1 amide bonds. The van der Waals surface area contributed by atoms with Gasteiger partial charge in [-0.1, -0.05) is 18.2 Å². The summed E-state index contributed by atoms with van der Waals surface area (Å²) in [5.41, 5.74) is 3.10. The first-order valence-corrected chi connectivity index (χ1v) is 8.89. The molecule has 0 saturated carbocycles. The molecule has 0 aliphatic rings. The third kappa shape index (κ3) is 4.59. The van der Waals surface area contributed by atoms with Crippen LogP contribution < -0.4 is 10.1 Å². The van der Waals surface area contributed by atoms with Gasteiger partial charge in [0.25, 0.3) is 0 Å². The molecule has 2 heterocycles. The molecule has 0 aliphatic carbocycles. The summed E-state index contributed by atoms with van der Waals surface area (Å²) >= 11 is 0. The predicted molar refractivity (Wildman–Crippen MR) is 100 cm³/mol. The fraction of sp³-hybridized carbons (Fsp3) is 0.350. The molecule has 0 aliphatic heterocycles. The fourth-order valence-electron chi connectivity index (χ4n) is 2.71. The minimum absolute atomic E-state index is 0.0180. The van der Waals surface area contributed by atoms with E-state index in [4.69, 9.17) is 4.74 Å². The maximum absolute atomic E-state index is 12.0. The number of amides is 1. The van der Waals surface area contributed by atoms with Crippen LogP contribution in [-0.2, 0) is 11.3 Å². The van der Waals surface area contributed by atoms with Crippen molar-refractivity contribution >= 4 is 11.6 Å². The predicted octanol–water partition coefficient (Wildman–Crippen LogP) is 3.21. The third-order valence-corrected chi connectivity index (χ3v) is 4.23. The van der Waals surface area contributed by atoms with E-state index in [9.17, 15) is 4.79 Å². The van der Waals surface area contributed by atoms with Gasteiger partial charge in [-0.25, -0.2) is 0 Å². The number of aryl methyl sites for hydroxylation is 2. The second-order valence-electron chi connectivity index (χ2n) is 6.40. The monoisotopic (exact) mass is 352 g/mol. The van der Waals surface area contributed by atoms with E-state index in [2.05, 4.69) is 34.6 Å². The Morgan fingerprint density at radius 2 is 2.04 bits per heavy atom. The van der Waals surface area contributed by atoms with Crippen molar-refractivity contribution < 1.29 is 9.53 Å². The Kier molecular flexibility index (Phi) is 5.84. The SMILES string of the molecule is Cc1ccc(C)c(OCCCCC(=O)NCc2nnc3ccccn23)c1. The molecule has 3 aromatic rings. The van der Waals surface area contributed by atoms with Gasteiger partial charge in [0.05, 0.1) is 13.2 Å². The van der Waals surface area contributed by atoms with Crippen LogP contribution >= 0.6 is 0 Å². The van der Waals surface area contributed by atoms with Gasteiger partial charge < -0.3 is 10.1 Å². The number of ether oxygens (including phenoxy) is 1. The van der Waals surface area contributed by atoms with E-state index in [1.165, 1.54) is 5.56 Å². The minimum atomic E-state index is 0.0180. The van der Waals surface area contributed by atoms with Gasteiger partial charge in [0.1, 0.15) is 5.75 Å². The van der Waals surface area contributed by atoms with Gasteiger partial charge in [-0.15, -0.1) is 10.2 Å². The molecule has 1 N–H and O–H groups in total. The number of nitrogens with one attached hydrogen (secondary N) is 1. The summed E-state index contributed by atoms with van der Waals surface area (Å²) in [6.45, 7) is 5.08. The molecule has 136 valence electrons. The summed E-state index contributed by atoms with van der Waals surface area (Å²) in [5, 5.41) is 11.1. The van der Waals surface area contributed by atoms with Crippen LogP contribution in [-0.4, -0.2) is 27.1 Å². The van der Waals surface area contributed by atoms with Crippen molar-refractivity contribution in [1.82, 2.24) is 19.9 Å². The zero-order chi connectivity index (χ0) is 18.4. The first-order chi connectivity index (χ1) is 12.6. The average molecular weight is 352 g/mol. The average Bonchev–Trinajstić information content (AvgIpc) is 3.05. The van der Waals surface area contributed by atoms with E-state index in [0.717, 1.165) is 35.6 Å². The molecule has 0 saturated heterocycles. The number of rotatable bonds is 8. The van der Waals surface area contributed by atoms with Crippen molar-refractivity contribution in [2.24, 2.45) is 0 Å². The molecule has 6 nitrogen and oxygen atoms in total. The van der Waals surface area contributed by atoms with E-state index >= 15 is 0 Å². The van der Waals surface area contributed by atoms with E-state index in [-0.39, 0.29) is 5.91 Å². The number of hydrogen-bond acceptors (Lipinski definition) is 4. The summed E-state index contributed by atoms with van der Waals surface area (Å²) in [4.78, 5) is 12.0. The molecule has 0 bridgehead atoms. The van der Waals surface area contributed by atoms with Gasteiger partial charge in [-0.05, 0) is 56.0 Å². The van der Waals surface area contributed by atoms with Crippen molar-refractivity contribution in [1.29, 1.82) is 0 Å². The number of carbonyl (C=O) groups excluding carboxylic acids is 1. The Hall–Kier alpha value is -2.89. The Morgan fingerprint density at radius 1 is 1.15 bits per heavy atom. The highest BCUT2D eigenvalue weighted by Crippen LogP contribution is 2.19. The molecular formula is C20H24N4O2. The molecule has 0 atom stereocenters. The summed E-state index contributed by atoms with van der Waals surface area (Å²) in [7, 11) is 0. The van der Waals surface area contributed by atoms with Crippen molar-refractivity contribution in [3.63, 3.8) is 0 Å². The second-order valence-corrected chi connectivity index (χ2v) is 6.40. The standard InChI is InChI=1S/C20H24N4O2/c1-15-9-10-16(2)17(13-15)26-12-6-4-8-20(25)21-14-19-23-22-18-7-3-5-11-24(18)19/h3,5,7,9-11,13H,4,6,8,12,14H2,1-2H3,(H,21,25). The van der Waals surface area contributed by atoms with Crippen LogP contribution in [0.15, 0.2) is 42.6 Å². The Balaban J connectivity index is 1.36. The lowest BCUT2D eigenvalue weighted by molar-refractivity contribution is -0.121. The van der Waals surface area contributed by atoms with Crippen LogP contribution in [0, 0.1) is 13.8 Å². The van der Waals surface area contributed by atoms with Gasteiger partial charge in [0.2, 0.25) is 5.91 Å². The molecule has 3 rings (SSSR count). The molecule has 0 unspecified atom stereocenters. The number of aromatic nitrogens is 3. The van der Waals surface area contributed by atoms with E-state index in [1.807, 2.05) is 41.8 Å². The lowest BCUT2D eigenvalue weighted by Gasteiger charge is -2.10. The number of unbranched alkanes of at least 4 members (excludes halogenated alkanes) is 1. The lowest BCUT2D eigenvalue weighted by Crippen LogP contribution is -2.23. The van der Waals surface area contributed by atoms with Crippen LogP contribution in [0.1, 0.15) is 36.2 Å². The first kappa shape index (κ1) is 17.9. The third-order valence-electron chi connectivity index (χ3n) is 4.23. The highest BCUT2D eigenvalue weighted by Gasteiger charge is 2.07. The number of benzene rings is 1. The lowest BCUT2D eigenvalue weighted by atomic mass is 10.1. The maximum Gasteiger partial charge on any atom is 0.220 e. The van der Waals surface area contributed by atoms with Gasteiger partial charge in [-0.2, -0.15) is 0 Å². The zero-order valence-corrected chi connectivity index (χ0v) is 15.2. The Bertz CT molecular complexity index is 888. The van der Waals surface area contributed by atoms with Crippen molar-refractivity contribution in [2.45, 2.75) is 39.7 Å². The Morgan fingerprint density at radius 3 is 2.92 bits per heavy atom.